The van der Waals surface area contributed by atoms with Crippen LogP contribution in [-0.2, 0) is 97.8 Å². The molecule has 16 rings (SSSR count). The van der Waals surface area contributed by atoms with Gasteiger partial charge in [0.05, 0.1) is 145 Å². The van der Waals surface area contributed by atoms with E-state index in [4.69, 9.17) is 38.9 Å². The number of hydrogen-bond acceptors (Lipinski definition) is 8. The number of hydrogen-bond donors (Lipinski definition) is 0. The summed E-state index contributed by atoms with van der Waals surface area (Å²) in [6, 6.07) is 90.3. The van der Waals surface area contributed by atoms with Crippen LogP contribution in [0.3, 0.4) is 0 Å². The Morgan fingerprint density at radius 2 is 0.377 bits per heavy atom. The molecule has 8 aliphatic rings. The molecule has 0 N–H and O–H groups in total. The van der Waals surface area contributed by atoms with Crippen molar-refractivity contribution in [2.24, 2.45) is 65.3 Å². The van der Waals surface area contributed by atoms with E-state index in [2.05, 4.69) is 326 Å². The molecule has 8 unspecified atom stereocenters. The predicted molar refractivity (Wildman–Crippen MR) is 473 cm³/mol. The Labute approximate surface area is 754 Å². The fourth-order valence-corrected chi connectivity index (χ4v) is 31.9. The molecule has 4 heterocycles. The average molecular weight is 2100 g/mol. The molecule has 0 amide bonds. The molecule has 8 aromatic carbocycles. The van der Waals surface area contributed by atoms with Gasteiger partial charge in [0, 0.05) is 78.9 Å². The fourth-order valence-electron chi connectivity index (χ4n) is 17.9. The molecule has 4 fully saturated rings. The van der Waals surface area contributed by atoms with E-state index < -0.39 is 31.7 Å². The largest absolute Gasteiger partial charge is 1.00 e. The predicted octanol–water partition coefficient (Wildman–Crippen LogP) is 13.5. The van der Waals surface area contributed by atoms with Crippen molar-refractivity contribution in [1.82, 2.24) is 0 Å². The topological polar surface area (TPSA) is 86.4 Å². The van der Waals surface area contributed by atoms with Crippen LogP contribution >= 0.6 is 31.7 Å². The van der Waals surface area contributed by atoms with Crippen molar-refractivity contribution in [2.75, 3.05) is 26.4 Å². The van der Waals surface area contributed by atoms with Crippen molar-refractivity contribution < 1.29 is 123 Å². The van der Waals surface area contributed by atoms with Gasteiger partial charge in [-0.2, -0.15) is 0 Å². The molecule has 4 aliphatic heterocycles. The van der Waals surface area contributed by atoms with E-state index in [1.54, 1.807) is 0 Å². The Kier molecular flexibility index (Phi) is 38.8. The van der Waals surface area contributed by atoms with Crippen LogP contribution in [0.2, 0.25) is 0 Å². The maximum absolute atomic E-state index is 6.19. The Hall–Kier alpha value is -3.54. The van der Waals surface area contributed by atoms with Crippen LogP contribution < -0.4 is 67.3 Å². The van der Waals surface area contributed by atoms with Gasteiger partial charge in [-0.3, -0.25) is 0 Å². The molecule has 0 aromatic heterocycles. The minimum absolute atomic E-state index is 0. The zero-order valence-corrected chi connectivity index (χ0v) is 80.9. The van der Waals surface area contributed by atoms with Gasteiger partial charge >= 0.3 is 0 Å². The van der Waals surface area contributed by atoms with Gasteiger partial charge < -0.3 is 43.8 Å². The van der Waals surface area contributed by atoms with Crippen molar-refractivity contribution in [3.8, 4) is 0 Å². The summed E-state index contributed by atoms with van der Waals surface area (Å²) in [6.45, 7) is 30.2. The summed E-state index contributed by atoms with van der Waals surface area (Å²) >= 11 is 0. The molecular weight excluding hydrogens is 1970 g/mol. The molecule has 2 radical (unpaired) electrons. The summed E-state index contributed by atoms with van der Waals surface area (Å²) in [7, 11) is -3.50. The second-order valence-corrected chi connectivity index (χ2v) is 46.7. The smallest absolute Gasteiger partial charge is 0.190 e. The van der Waals surface area contributed by atoms with Crippen molar-refractivity contribution in [2.45, 2.75) is 207 Å². The molecule has 0 bridgehead atoms. The van der Waals surface area contributed by atoms with Crippen LogP contribution in [-0.4, -0.2) is 96.8 Å². The normalized spacial score (nSPS) is 24.1. The van der Waals surface area contributed by atoms with Gasteiger partial charge in [-0.25, -0.2) is 20.0 Å². The minimum Gasteiger partial charge on any atom is -1.00 e. The average Bonchev–Trinajstić information content (AvgIpc) is 1.60. The van der Waals surface area contributed by atoms with Crippen molar-refractivity contribution >= 4 is 97.7 Å². The van der Waals surface area contributed by atoms with Crippen LogP contribution in [0.15, 0.2) is 263 Å². The molecule has 0 saturated heterocycles. The monoisotopic (exact) mass is 2100 g/mol. The third kappa shape index (κ3) is 24.9. The van der Waals surface area contributed by atoms with E-state index in [9.17, 15) is 0 Å². The van der Waals surface area contributed by atoms with Crippen LogP contribution in [0.1, 0.15) is 160 Å². The first-order valence-electron chi connectivity index (χ1n) is 40.9. The fraction of sp³-hybridized carbons (Fsp3) is 0.458. The summed E-state index contributed by atoms with van der Waals surface area (Å²) in [6.07, 6.45) is 15.1. The quantitative estimate of drug-likeness (QED) is 0.0712. The maximum atomic E-state index is 6.19. The number of benzene rings is 8. The number of rotatable bonds is 16. The summed E-state index contributed by atoms with van der Waals surface area (Å²) < 4.78 is 24.8. The Bertz CT molecular complexity index is 3560. The van der Waals surface area contributed by atoms with Crippen molar-refractivity contribution in [3.05, 3.63) is 243 Å². The standard InChI is InChI=1S/4C24H30NOP.2Au.2ClH.2Fe/c4*1-24(2,3)22-17-26-23(25-22)20-15-10-16-21(20)27(18-11-6-4-7-12-18)19-13-8-5-9-14-19;;;;;;/h4*4-9,11-14,20-22H,10,15-17H2,1-3H3;;;2*1H;;/p+2/t4*20?,21?,22-;;;;;;/m1100....../s1. The Morgan fingerprint density at radius 3 is 0.500 bits per heavy atom. The van der Waals surface area contributed by atoms with E-state index >= 15 is 0 Å². The maximum Gasteiger partial charge on any atom is 0.190 e. The van der Waals surface area contributed by atoms with Crippen molar-refractivity contribution in [3.63, 3.8) is 0 Å². The SMILES string of the molecule is CC(C)(C)[C@@H]1COC(C2CCCC2[PH+](c2ccccc2)c2ccccc2)=N1.CC(C)(C)[C@@H]1COC(C2CCCC2[PH+](c2ccccc2)c2ccccc2)=N1.CC(C)(C)[C@H]1COC(C2CCCC2[PH+](c2ccccc2)c2ccccc2)=N1.CC(C)(C)[C@H]1COC(C2CCCC2[PH+](c2ccccc2)c2ccccc2)=N1.[Au].[Au].[Cl-].[Cl-].[Fe].[Fe]. The third-order valence-electron chi connectivity index (χ3n) is 24.2. The van der Waals surface area contributed by atoms with Crippen molar-refractivity contribution in [1.29, 1.82) is 0 Å². The summed E-state index contributed by atoms with van der Waals surface area (Å²) in [5.74, 6) is 6.11. The van der Waals surface area contributed by atoms with Gasteiger partial charge in [-0.1, -0.05) is 229 Å². The molecule has 18 heteroatoms. The third-order valence-corrected chi connectivity index (χ3v) is 37.6. The second kappa shape index (κ2) is 45.4. The first kappa shape index (κ1) is 97.6. The van der Waals surface area contributed by atoms with Gasteiger partial charge in [0.2, 0.25) is 0 Å². The zero-order chi connectivity index (χ0) is 75.4. The van der Waals surface area contributed by atoms with Gasteiger partial charge in [0.25, 0.3) is 0 Å². The number of ether oxygens (including phenoxy) is 4. The van der Waals surface area contributed by atoms with Gasteiger partial charge in [-0.05, 0) is 196 Å². The Morgan fingerprint density at radius 1 is 0.237 bits per heavy atom. The van der Waals surface area contributed by atoms with Gasteiger partial charge in [-0.15, -0.1) is 0 Å². The molecule has 622 valence electrons. The first-order valence-corrected chi connectivity index (χ1v) is 47.2. The van der Waals surface area contributed by atoms with E-state index in [1.165, 1.54) is 119 Å². The molecule has 114 heavy (non-hydrogen) atoms. The van der Waals surface area contributed by atoms with Crippen LogP contribution in [0.25, 0.3) is 0 Å². The zero-order valence-electron chi connectivity index (χ0n) is 68.8. The van der Waals surface area contributed by atoms with Crippen LogP contribution in [0.5, 0.6) is 0 Å². The molecule has 8 nitrogen and oxygen atoms in total. The molecule has 12 atom stereocenters. The van der Waals surface area contributed by atoms with E-state index in [1.807, 2.05) is 0 Å². The van der Waals surface area contributed by atoms with Gasteiger partial charge in [0.1, 0.15) is 26.4 Å². The summed E-state index contributed by atoms with van der Waals surface area (Å²) in [5.41, 5.74) is 3.28. The molecule has 8 aromatic rings. The van der Waals surface area contributed by atoms with E-state index in [0.29, 0.717) is 46.3 Å². The van der Waals surface area contributed by atoms with Gasteiger partial charge in [0.15, 0.2) is 23.6 Å². The van der Waals surface area contributed by atoms with Crippen LogP contribution in [0, 0.1) is 45.3 Å². The number of halogens is 2. The number of aliphatic imine (C=N–C) groups is 4. The minimum atomic E-state index is -0.875. The molecule has 0 spiro atoms. The Balaban J connectivity index is 0.000000207. The van der Waals surface area contributed by atoms with E-state index in [-0.39, 0.29) is 150 Å². The first-order chi connectivity index (χ1) is 52.2. The summed E-state index contributed by atoms with van der Waals surface area (Å²) in [4.78, 5) is 20.3. The van der Waals surface area contributed by atoms with E-state index in [0.717, 1.165) is 50.0 Å². The van der Waals surface area contributed by atoms with Crippen LogP contribution in [0.4, 0.5) is 0 Å². The number of nitrogens with zero attached hydrogens (tertiary/aromatic N) is 4. The molecule has 4 saturated carbocycles. The summed E-state index contributed by atoms with van der Waals surface area (Å²) in [5, 5.41) is 12.1. The molecule has 4 aliphatic carbocycles. The molecular formula is C96H124Au2Cl2Fe2N4O4P4+2. The second-order valence-electron chi connectivity index (χ2n) is 35.8.